The van der Waals surface area contributed by atoms with Gasteiger partial charge >= 0.3 is 0 Å². The van der Waals surface area contributed by atoms with E-state index in [2.05, 4.69) is 5.32 Å². The average molecular weight is 294 g/mol. The fourth-order valence-electron chi connectivity index (χ4n) is 1.95. The molecular formula is C16H17ClFNO. The second-order valence-electron chi connectivity index (χ2n) is 4.43. The van der Waals surface area contributed by atoms with Gasteiger partial charge in [-0.25, -0.2) is 4.39 Å². The van der Waals surface area contributed by atoms with Crippen molar-refractivity contribution in [3.05, 3.63) is 64.9 Å². The van der Waals surface area contributed by atoms with Gasteiger partial charge in [0.15, 0.2) is 0 Å². The maximum atomic E-state index is 13.3. The van der Waals surface area contributed by atoms with E-state index in [1.807, 2.05) is 25.1 Å². The zero-order valence-electron chi connectivity index (χ0n) is 11.3. The van der Waals surface area contributed by atoms with Gasteiger partial charge in [0.05, 0.1) is 6.04 Å². The molecule has 0 bridgehead atoms. The van der Waals surface area contributed by atoms with E-state index in [9.17, 15) is 4.39 Å². The summed E-state index contributed by atoms with van der Waals surface area (Å²) in [6.07, 6.45) is 0. The van der Waals surface area contributed by atoms with Crippen molar-refractivity contribution in [1.82, 2.24) is 5.32 Å². The van der Waals surface area contributed by atoms with Crippen molar-refractivity contribution in [3.63, 3.8) is 0 Å². The van der Waals surface area contributed by atoms with E-state index in [1.165, 1.54) is 12.1 Å². The molecule has 0 amide bonds. The monoisotopic (exact) mass is 293 g/mol. The van der Waals surface area contributed by atoms with Crippen LogP contribution in [0.1, 0.15) is 18.5 Å². The van der Waals surface area contributed by atoms with Gasteiger partial charge in [0, 0.05) is 5.02 Å². The number of likely N-dealkylation sites (N-methyl/N-ethyl adjacent to an activating group) is 1. The van der Waals surface area contributed by atoms with Crippen molar-refractivity contribution in [1.29, 1.82) is 0 Å². The Morgan fingerprint density at radius 3 is 2.60 bits per heavy atom. The van der Waals surface area contributed by atoms with Crippen LogP contribution < -0.4 is 10.1 Å². The molecule has 0 fully saturated rings. The minimum atomic E-state index is -0.239. The maximum Gasteiger partial charge on any atom is 0.123 e. The lowest BCUT2D eigenvalue weighted by Crippen LogP contribution is -2.26. The van der Waals surface area contributed by atoms with Crippen LogP contribution in [0.25, 0.3) is 0 Å². The third-order valence-corrected chi connectivity index (χ3v) is 3.18. The molecule has 20 heavy (non-hydrogen) atoms. The first-order chi connectivity index (χ1) is 9.69. The largest absolute Gasteiger partial charge is 0.492 e. The highest BCUT2D eigenvalue weighted by Gasteiger charge is 2.11. The van der Waals surface area contributed by atoms with Gasteiger partial charge in [0.25, 0.3) is 0 Å². The van der Waals surface area contributed by atoms with E-state index >= 15 is 0 Å². The molecule has 2 aromatic rings. The average Bonchev–Trinajstić information content (AvgIpc) is 2.45. The fraction of sp³-hybridized carbons (Fsp3) is 0.250. The van der Waals surface area contributed by atoms with Gasteiger partial charge in [-0.05, 0) is 48.5 Å². The van der Waals surface area contributed by atoms with Crippen LogP contribution in [0.2, 0.25) is 5.02 Å². The molecule has 2 nitrogen and oxygen atoms in total. The van der Waals surface area contributed by atoms with Crippen LogP contribution >= 0.6 is 11.6 Å². The standard InChI is InChI=1S/C16H17ClFNO/c1-2-19-16(12-4-3-5-14(18)10-12)11-20-15-8-6-13(17)7-9-15/h3-10,16,19H,2,11H2,1H3. The van der Waals surface area contributed by atoms with Gasteiger partial charge in [-0.1, -0.05) is 30.7 Å². The highest BCUT2D eigenvalue weighted by atomic mass is 35.5. The second kappa shape index (κ2) is 7.27. The molecule has 0 aliphatic rings. The summed E-state index contributed by atoms with van der Waals surface area (Å²) in [6, 6.07) is 13.7. The quantitative estimate of drug-likeness (QED) is 0.861. The Bertz CT molecular complexity index is 544. The Labute approximate surface area is 123 Å². The summed E-state index contributed by atoms with van der Waals surface area (Å²) in [5.74, 6) is 0.505. The van der Waals surface area contributed by atoms with Crippen molar-refractivity contribution < 1.29 is 9.13 Å². The maximum absolute atomic E-state index is 13.3. The Hall–Kier alpha value is -1.58. The highest BCUT2D eigenvalue weighted by Crippen LogP contribution is 2.19. The first-order valence-electron chi connectivity index (χ1n) is 6.56. The summed E-state index contributed by atoms with van der Waals surface area (Å²) in [4.78, 5) is 0. The third kappa shape index (κ3) is 4.22. The Morgan fingerprint density at radius 2 is 1.95 bits per heavy atom. The number of halogens is 2. The van der Waals surface area contributed by atoms with Gasteiger partial charge in [-0.3, -0.25) is 0 Å². The first-order valence-corrected chi connectivity index (χ1v) is 6.94. The molecule has 0 aromatic heterocycles. The number of hydrogen-bond donors (Lipinski definition) is 1. The lowest BCUT2D eigenvalue weighted by Gasteiger charge is -2.19. The molecule has 0 saturated heterocycles. The second-order valence-corrected chi connectivity index (χ2v) is 4.87. The predicted molar refractivity (Wildman–Crippen MR) is 79.8 cm³/mol. The molecule has 0 aliphatic heterocycles. The lowest BCUT2D eigenvalue weighted by atomic mass is 10.1. The molecule has 0 radical (unpaired) electrons. The van der Waals surface area contributed by atoms with Crippen LogP contribution in [0.15, 0.2) is 48.5 Å². The molecule has 2 rings (SSSR count). The topological polar surface area (TPSA) is 21.3 Å². The van der Waals surface area contributed by atoms with Crippen LogP contribution in [0.4, 0.5) is 4.39 Å². The van der Waals surface area contributed by atoms with E-state index in [-0.39, 0.29) is 11.9 Å². The number of ether oxygens (including phenoxy) is 1. The van der Waals surface area contributed by atoms with Crippen molar-refractivity contribution in [2.45, 2.75) is 13.0 Å². The number of benzene rings is 2. The van der Waals surface area contributed by atoms with Gasteiger partial charge in [0.2, 0.25) is 0 Å². The predicted octanol–water partition coefficient (Wildman–Crippen LogP) is 4.21. The van der Waals surface area contributed by atoms with Gasteiger partial charge < -0.3 is 10.1 Å². The number of nitrogens with one attached hydrogen (secondary N) is 1. The molecule has 1 atom stereocenters. The molecule has 1 unspecified atom stereocenters. The minimum Gasteiger partial charge on any atom is -0.492 e. The highest BCUT2D eigenvalue weighted by molar-refractivity contribution is 6.30. The van der Waals surface area contributed by atoms with E-state index in [1.54, 1.807) is 18.2 Å². The molecule has 0 heterocycles. The molecule has 0 saturated carbocycles. The zero-order chi connectivity index (χ0) is 14.4. The van der Waals surface area contributed by atoms with Crippen LogP contribution in [-0.4, -0.2) is 13.2 Å². The van der Waals surface area contributed by atoms with Crippen molar-refractivity contribution in [2.24, 2.45) is 0 Å². The van der Waals surface area contributed by atoms with Crippen molar-refractivity contribution in [2.75, 3.05) is 13.2 Å². The summed E-state index contributed by atoms with van der Waals surface area (Å²) < 4.78 is 19.0. The van der Waals surface area contributed by atoms with E-state index in [4.69, 9.17) is 16.3 Å². The van der Waals surface area contributed by atoms with Gasteiger partial charge in [-0.15, -0.1) is 0 Å². The lowest BCUT2D eigenvalue weighted by molar-refractivity contribution is 0.268. The van der Waals surface area contributed by atoms with E-state index in [0.717, 1.165) is 17.9 Å². The molecular weight excluding hydrogens is 277 g/mol. The molecule has 0 spiro atoms. The molecule has 2 aromatic carbocycles. The number of rotatable bonds is 6. The van der Waals surface area contributed by atoms with Crippen LogP contribution in [0.5, 0.6) is 5.75 Å². The van der Waals surface area contributed by atoms with Crippen molar-refractivity contribution >= 4 is 11.6 Å². The van der Waals surface area contributed by atoms with Crippen molar-refractivity contribution in [3.8, 4) is 5.75 Å². The number of hydrogen-bond acceptors (Lipinski definition) is 2. The zero-order valence-corrected chi connectivity index (χ0v) is 12.0. The van der Waals surface area contributed by atoms with E-state index < -0.39 is 0 Å². The molecule has 1 N–H and O–H groups in total. The van der Waals surface area contributed by atoms with Crippen LogP contribution in [0.3, 0.4) is 0 Å². The summed E-state index contributed by atoms with van der Waals surface area (Å²) in [6.45, 7) is 3.22. The minimum absolute atomic E-state index is 0.0496. The SMILES string of the molecule is CCNC(COc1ccc(Cl)cc1)c1cccc(F)c1. The van der Waals surface area contributed by atoms with Gasteiger partial charge in [-0.2, -0.15) is 0 Å². The third-order valence-electron chi connectivity index (χ3n) is 2.93. The first kappa shape index (κ1) is 14.8. The Balaban J connectivity index is 2.04. The summed E-state index contributed by atoms with van der Waals surface area (Å²) in [7, 11) is 0. The summed E-state index contributed by atoms with van der Waals surface area (Å²) in [5.41, 5.74) is 0.876. The van der Waals surface area contributed by atoms with Gasteiger partial charge in [0.1, 0.15) is 18.2 Å². The smallest absolute Gasteiger partial charge is 0.123 e. The summed E-state index contributed by atoms with van der Waals surface area (Å²) in [5, 5.41) is 3.96. The summed E-state index contributed by atoms with van der Waals surface area (Å²) >= 11 is 5.83. The molecule has 4 heteroatoms. The Kier molecular flexibility index (Phi) is 5.39. The Morgan fingerprint density at radius 1 is 1.20 bits per heavy atom. The fourth-order valence-corrected chi connectivity index (χ4v) is 2.08. The van der Waals surface area contributed by atoms with Crippen LogP contribution in [-0.2, 0) is 0 Å². The molecule has 0 aliphatic carbocycles. The molecule has 106 valence electrons. The van der Waals surface area contributed by atoms with E-state index in [0.29, 0.717) is 11.6 Å². The normalized spacial score (nSPS) is 12.2. The van der Waals surface area contributed by atoms with Crippen LogP contribution in [0, 0.1) is 5.82 Å².